The molecule has 0 radical (unpaired) electrons. The van der Waals surface area contributed by atoms with Crippen molar-refractivity contribution >= 4 is 5.91 Å². The largest absolute Gasteiger partial charge is 0.506 e. The molecule has 0 aliphatic carbocycles. The lowest BCUT2D eigenvalue weighted by Crippen LogP contribution is -2.36. The van der Waals surface area contributed by atoms with Gasteiger partial charge in [0.05, 0.1) is 11.7 Å². The molecule has 0 spiro atoms. The Morgan fingerprint density at radius 2 is 2.25 bits per heavy atom. The summed E-state index contributed by atoms with van der Waals surface area (Å²) < 4.78 is 1.88. The number of aryl methyl sites for hydroxylation is 1. The Balaban J connectivity index is 1.69. The summed E-state index contributed by atoms with van der Waals surface area (Å²) in [6.45, 7) is 4.33. The topological polar surface area (TPSA) is 83.3 Å². The Morgan fingerprint density at radius 1 is 1.42 bits per heavy atom. The van der Waals surface area contributed by atoms with E-state index in [9.17, 15) is 9.90 Å². The van der Waals surface area contributed by atoms with E-state index in [1.807, 2.05) is 23.9 Å². The number of hydrogen-bond acceptors (Lipinski definition) is 5. The Hall–Kier alpha value is -2.41. The number of hydrogen-bond donors (Lipinski definition) is 2. The Morgan fingerprint density at radius 3 is 3.04 bits per heavy atom. The van der Waals surface area contributed by atoms with E-state index in [-0.39, 0.29) is 17.7 Å². The van der Waals surface area contributed by atoms with Gasteiger partial charge in [-0.15, -0.1) is 0 Å². The molecular formula is C17H23N5O2. The quantitative estimate of drug-likeness (QED) is 0.888. The SMILES string of the molecule is CNC(=O)c1ccn([C@H]2CCCN(Cc3nc(C)ccc3O)C2)n1. The highest BCUT2D eigenvalue weighted by atomic mass is 16.3. The summed E-state index contributed by atoms with van der Waals surface area (Å²) in [7, 11) is 1.60. The molecule has 128 valence electrons. The van der Waals surface area contributed by atoms with Gasteiger partial charge in [-0.05, 0) is 44.5 Å². The summed E-state index contributed by atoms with van der Waals surface area (Å²) in [6, 6.07) is 5.47. The molecule has 0 aromatic carbocycles. The maximum Gasteiger partial charge on any atom is 0.271 e. The number of nitrogens with zero attached hydrogens (tertiary/aromatic N) is 4. The number of rotatable bonds is 4. The summed E-state index contributed by atoms with van der Waals surface area (Å²) in [6.07, 6.45) is 3.94. The molecule has 7 nitrogen and oxygen atoms in total. The van der Waals surface area contributed by atoms with Crippen molar-refractivity contribution in [1.82, 2.24) is 25.0 Å². The smallest absolute Gasteiger partial charge is 0.271 e. The van der Waals surface area contributed by atoms with Crippen LogP contribution < -0.4 is 5.32 Å². The van der Waals surface area contributed by atoms with Crippen molar-refractivity contribution in [2.45, 2.75) is 32.4 Å². The highest BCUT2D eigenvalue weighted by Gasteiger charge is 2.23. The number of aromatic hydroxyl groups is 1. The Bertz CT molecular complexity index is 728. The molecule has 3 heterocycles. The van der Waals surface area contributed by atoms with E-state index in [4.69, 9.17) is 0 Å². The molecule has 2 N–H and O–H groups in total. The predicted octanol–water partition coefficient (Wildman–Crippen LogP) is 1.49. The van der Waals surface area contributed by atoms with Gasteiger partial charge in [-0.1, -0.05) is 0 Å². The lowest BCUT2D eigenvalue weighted by molar-refractivity contribution is 0.0955. The summed E-state index contributed by atoms with van der Waals surface area (Å²) in [5.74, 6) is 0.0685. The van der Waals surface area contributed by atoms with Gasteiger partial charge in [0.15, 0.2) is 0 Å². The minimum absolute atomic E-state index is 0.171. The molecule has 24 heavy (non-hydrogen) atoms. The van der Waals surface area contributed by atoms with E-state index in [1.165, 1.54) is 0 Å². The van der Waals surface area contributed by atoms with Crippen LogP contribution in [0.25, 0.3) is 0 Å². The molecular weight excluding hydrogens is 306 g/mol. The van der Waals surface area contributed by atoms with Crippen LogP contribution in [0.15, 0.2) is 24.4 Å². The first-order valence-electron chi connectivity index (χ1n) is 8.22. The van der Waals surface area contributed by atoms with Crippen molar-refractivity contribution in [2.24, 2.45) is 0 Å². The van der Waals surface area contributed by atoms with Crippen LogP contribution >= 0.6 is 0 Å². The molecule has 1 atom stereocenters. The van der Waals surface area contributed by atoms with Gasteiger partial charge < -0.3 is 10.4 Å². The number of carbonyl (C=O) groups excluding carboxylic acids is 1. The van der Waals surface area contributed by atoms with Gasteiger partial charge in [-0.2, -0.15) is 5.10 Å². The summed E-state index contributed by atoms with van der Waals surface area (Å²) >= 11 is 0. The zero-order valence-corrected chi connectivity index (χ0v) is 14.1. The first-order valence-corrected chi connectivity index (χ1v) is 8.22. The first kappa shape index (κ1) is 16.4. The molecule has 1 saturated heterocycles. The van der Waals surface area contributed by atoms with Crippen LogP contribution in [0.4, 0.5) is 0 Å². The fourth-order valence-corrected chi connectivity index (χ4v) is 3.11. The predicted molar refractivity (Wildman–Crippen MR) is 89.8 cm³/mol. The van der Waals surface area contributed by atoms with Crippen LogP contribution in [-0.4, -0.2) is 50.8 Å². The van der Waals surface area contributed by atoms with Crippen molar-refractivity contribution in [1.29, 1.82) is 0 Å². The van der Waals surface area contributed by atoms with Crippen LogP contribution in [0.3, 0.4) is 0 Å². The van der Waals surface area contributed by atoms with Crippen LogP contribution in [0, 0.1) is 6.92 Å². The molecule has 1 aliphatic rings. The van der Waals surface area contributed by atoms with E-state index in [1.54, 1.807) is 19.2 Å². The maximum absolute atomic E-state index is 11.7. The molecule has 2 aromatic heterocycles. The van der Waals surface area contributed by atoms with Gasteiger partial charge in [0.1, 0.15) is 11.4 Å². The standard InChI is InChI=1S/C17H23N5O2/c1-12-5-6-16(23)15(19-12)11-21-8-3-4-13(10-21)22-9-7-14(20-22)17(24)18-2/h5-7,9,13,23H,3-4,8,10-11H2,1-2H3,(H,18,24)/t13-/m0/s1. The lowest BCUT2D eigenvalue weighted by Gasteiger charge is -2.32. The average molecular weight is 329 g/mol. The van der Waals surface area contributed by atoms with Gasteiger partial charge in [0.25, 0.3) is 5.91 Å². The molecule has 0 saturated carbocycles. The second-order valence-corrected chi connectivity index (χ2v) is 6.21. The molecule has 1 aliphatic heterocycles. The number of likely N-dealkylation sites (tertiary alicyclic amines) is 1. The van der Waals surface area contributed by atoms with Crippen LogP contribution in [-0.2, 0) is 6.54 Å². The second-order valence-electron chi connectivity index (χ2n) is 6.21. The Kier molecular flexibility index (Phi) is 4.80. The molecule has 0 bridgehead atoms. The van der Waals surface area contributed by atoms with Gasteiger partial charge in [0.2, 0.25) is 0 Å². The number of nitrogens with one attached hydrogen (secondary N) is 1. The number of pyridine rings is 1. The highest BCUT2D eigenvalue weighted by molar-refractivity contribution is 5.91. The minimum Gasteiger partial charge on any atom is -0.506 e. The van der Waals surface area contributed by atoms with Gasteiger partial charge in [-0.3, -0.25) is 19.4 Å². The van der Waals surface area contributed by atoms with E-state index in [2.05, 4.69) is 20.3 Å². The van der Waals surface area contributed by atoms with E-state index < -0.39 is 0 Å². The van der Waals surface area contributed by atoms with Crippen molar-refractivity contribution in [2.75, 3.05) is 20.1 Å². The third-order valence-corrected chi connectivity index (χ3v) is 4.39. The van der Waals surface area contributed by atoms with Crippen LogP contribution in [0.5, 0.6) is 5.75 Å². The molecule has 7 heteroatoms. The molecule has 1 amide bonds. The van der Waals surface area contributed by atoms with Crippen molar-refractivity contribution < 1.29 is 9.90 Å². The van der Waals surface area contributed by atoms with Crippen LogP contribution in [0.1, 0.15) is 40.8 Å². The third kappa shape index (κ3) is 3.56. The number of carbonyl (C=O) groups is 1. The highest BCUT2D eigenvalue weighted by Crippen LogP contribution is 2.24. The molecule has 3 rings (SSSR count). The minimum atomic E-state index is -0.171. The van der Waals surface area contributed by atoms with Crippen molar-refractivity contribution in [3.8, 4) is 5.75 Å². The zero-order chi connectivity index (χ0) is 17.1. The van der Waals surface area contributed by atoms with E-state index in [0.29, 0.717) is 17.9 Å². The molecule has 1 fully saturated rings. The Labute approximate surface area is 141 Å². The summed E-state index contributed by atoms with van der Waals surface area (Å²) in [5, 5.41) is 17.0. The number of aromatic nitrogens is 3. The van der Waals surface area contributed by atoms with Crippen molar-refractivity contribution in [3.05, 3.63) is 41.5 Å². The van der Waals surface area contributed by atoms with Gasteiger partial charge in [-0.25, -0.2) is 0 Å². The third-order valence-electron chi connectivity index (χ3n) is 4.39. The second kappa shape index (κ2) is 7.00. The van der Waals surface area contributed by atoms with E-state index in [0.717, 1.165) is 31.6 Å². The fraction of sp³-hybridized carbons (Fsp3) is 0.471. The monoisotopic (exact) mass is 329 g/mol. The van der Waals surface area contributed by atoms with Gasteiger partial charge >= 0.3 is 0 Å². The average Bonchev–Trinajstić information content (AvgIpc) is 3.08. The normalized spacial score (nSPS) is 18.5. The van der Waals surface area contributed by atoms with Gasteiger partial charge in [0, 0.05) is 32.0 Å². The molecule has 2 aromatic rings. The number of amides is 1. The molecule has 0 unspecified atom stereocenters. The number of piperidine rings is 1. The lowest BCUT2D eigenvalue weighted by atomic mass is 10.1. The fourth-order valence-electron chi connectivity index (χ4n) is 3.11. The van der Waals surface area contributed by atoms with Crippen LogP contribution in [0.2, 0.25) is 0 Å². The summed E-state index contributed by atoms with van der Waals surface area (Å²) in [4.78, 5) is 18.4. The van der Waals surface area contributed by atoms with Crippen molar-refractivity contribution in [3.63, 3.8) is 0 Å². The zero-order valence-electron chi connectivity index (χ0n) is 14.1. The first-order chi connectivity index (χ1) is 11.6. The summed E-state index contributed by atoms with van der Waals surface area (Å²) in [5.41, 5.74) is 2.05. The maximum atomic E-state index is 11.7. The van der Waals surface area contributed by atoms with E-state index >= 15 is 0 Å².